The number of rotatable bonds is 6. The van der Waals surface area contributed by atoms with Gasteiger partial charge in [-0.1, -0.05) is 11.6 Å². The summed E-state index contributed by atoms with van der Waals surface area (Å²) in [5.41, 5.74) is 5.90. The maximum absolute atomic E-state index is 6.08. The van der Waals surface area contributed by atoms with Crippen molar-refractivity contribution in [1.29, 1.82) is 0 Å². The summed E-state index contributed by atoms with van der Waals surface area (Å²) in [5.74, 6) is 1.10. The second kappa shape index (κ2) is 7.36. The highest BCUT2D eigenvalue weighted by Gasteiger charge is 2.22. The van der Waals surface area contributed by atoms with Gasteiger partial charge in [0.05, 0.1) is 6.04 Å². The zero-order valence-electron chi connectivity index (χ0n) is 10.2. The molecule has 2 atom stereocenters. The van der Waals surface area contributed by atoms with Gasteiger partial charge in [0.15, 0.2) is 0 Å². The van der Waals surface area contributed by atoms with Crippen LogP contribution in [0.1, 0.15) is 17.8 Å². The Morgan fingerprint density at radius 2 is 2.29 bits per heavy atom. The van der Waals surface area contributed by atoms with Crippen molar-refractivity contribution in [3.05, 3.63) is 19.8 Å². The van der Waals surface area contributed by atoms with Crippen molar-refractivity contribution in [3.8, 4) is 0 Å². The molecule has 0 aliphatic rings. The number of thioether (sulfide) groups is 1. The Labute approximate surface area is 125 Å². The molecule has 0 fully saturated rings. The van der Waals surface area contributed by atoms with Gasteiger partial charge in [0.1, 0.15) is 4.34 Å². The maximum atomic E-state index is 6.08. The molecule has 0 saturated heterocycles. The summed E-state index contributed by atoms with van der Waals surface area (Å²) in [6.45, 7) is 2.84. The van der Waals surface area contributed by atoms with E-state index in [-0.39, 0.29) is 6.04 Å². The van der Waals surface area contributed by atoms with Gasteiger partial charge in [0, 0.05) is 27.7 Å². The Morgan fingerprint density at radius 1 is 1.65 bits per heavy atom. The summed E-state index contributed by atoms with van der Waals surface area (Å²) in [5, 5.41) is 0. The standard InChI is InChI=1S/C11H18BrClN2S2/c1-7(6-16-3)15(2)9(5-14)10-4-8(12)11(13)17-10/h4,7,9H,5-6,14H2,1-3H3. The third-order valence-electron chi connectivity index (χ3n) is 2.81. The van der Waals surface area contributed by atoms with E-state index in [1.807, 2.05) is 11.8 Å². The summed E-state index contributed by atoms with van der Waals surface area (Å²) >= 11 is 13.0. The predicted molar refractivity (Wildman–Crippen MR) is 84.4 cm³/mol. The third-order valence-corrected chi connectivity index (χ3v) is 6.20. The minimum Gasteiger partial charge on any atom is -0.329 e. The first-order chi connectivity index (χ1) is 8.01. The number of halogens is 2. The van der Waals surface area contributed by atoms with Gasteiger partial charge in [-0.05, 0) is 42.2 Å². The van der Waals surface area contributed by atoms with Gasteiger partial charge in [0.2, 0.25) is 0 Å². The molecule has 6 heteroatoms. The summed E-state index contributed by atoms with van der Waals surface area (Å²) in [4.78, 5) is 3.55. The molecule has 2 nitrogen and oxygen atoms in total. The van der Waals surface area contributed by atoms with Gasteiger partial charge in [-0.3, -0.25) is 4.90 Å². The quantitative estimate of drug-likeness (QED) is 0.838. The number of hydrogen-bond donors (Lipinski definition) is 1. The van der Waals surface area contributed by atoms with Crippen molar-refractivity contribution in [2.75, 3.05) is 25.6 Å². The van der Waals surface area contributed by atoms with E-state index in [2.05, 4.69) is 47.1 Å². The van der Waals surface area contributed by atoms with E-state index in [4.69, 9.17) is 17.3 Å². The molecule has 1 heterocycles. The molecule has 98 valence electrons. The van der Waals surface area contributed by atoms with Crippen molar-refractivity contribution in [2.45, 2.75) is 19.0 Å². The van der Waals surface area contributed by atoms with Gasteiger partial charge < -0.3 is 5.73 Å². The van der Waals surface area contributed by atoms with Crippen LogP contribution in [0.5, 0.6) is 0 Å². The second-order valence-corrected chi connectivity index (χ2v) is 7.44. The molecule has 0 aliphatic heterocycles. The Balaban J connectivity index is 2.83. The molecule has 1 aromatic heterocycles. The monoisotopic (exact) mass is 356 g/mol. The van der Waals surface area contributed by atoms with Crippen LogP contribution in [0.2, 0.25) is 4.34 Å². The molecule has 0 bridgehead atoms. The highest BCUT2D eigenvalue weighted by Crippen LogP contribution is 2.37. The maximum Gasteiger partial charge on any atom is 0.107 e. The molecule has 0 saturated carbocycles. The van der Waals surface area contributed by atoms with Crippen LogP contribution in [0.3, 0.4) is 0 Å². The lowest BCUT2D eigenvalue weighted by atomic mass is 10.2. The Kier molecular flexibility index (Phi) is 6.84. The zero-order chi connectivity index (χ0) is 13.0. The first-order valence-corrected chi connectivity index (χ1v) is 8.75. The fourth-order valence-corrected chi connectivity index (χ4v) is 4.30. The first-order valence-electron chi connectivity index (χ1n) is 5.36. The number of hydrogen-bond acceptors (Lipinski definition) is 4. The lowest BCUT2D eigenvalue weighted by Crippen LogP contribution is -2.37. The van der Waals surface area contributed by atoms with Gasteiger partial charge in [-0.25, -0.2) is 0 Å². The average molecular weight is 358 g/mol. The van der Waals surface area contributed by atoms with Gasteiger partial charge in [-0.15, -0.1) is 11.3 Å². The van der Waals surface area contributed by atoms with Crippen molar-refractivity contribution in [3.63, 3.8) is 0 Å². The van der Waals surface area contributed by atoms with Gasteiger partial charge in [-0.2, -0.15) is 11.8 Å². The topological polar surface area (TPSA) is 29.3 Å². The number of likely N-dealkylation sites (N-methyl/N-ethyl adjacent to an activating group) is 1. The van der Waals surface area contributed by atoms with Crippen molar-refractivity contribution < 1.29 is 0 Å². The number of nitrogens with zero attached hydrogens (tertiary/aromatic N) is 1. The predicted octanol–water partition coefficient (Wildman–Crippen LogP) is 3.85. The van der Waals surface area contributed by atoms with E-state index < -0.39 is 0 Å². The fourth-order valence-electron chi connectivity index (χ4n) is 1.68. The Hall–Kier alpha value is 0.740. The highest BCUT2D eigenvalue weighted by molar-refractivity contribution is 9.10. The molecular weight excluding hydrogens is 340 g/mol. The minimum atomic E-state index is 0.242. The summed E-state index contributed by atoms with van der Waals surface area (Å²) < 4.78 is 1.76. The van der Waals surface area contributed by atoms with Crippen LogP contribution in [-0.4, -0.2) is 36.5 Å². The van der Waals surface area contributed by atoms with E-state index in [9.17, 15) is 0 Å². The van der Waals surface area contributed by atoms with Crippen LogP contribution in [0.25, 0.3) is 0 Å². The van der Waals surface area contributed by atoms with E-state index in [0.717, 1.165) is 14.6 Å². The van der Waals surface area contributed by atoms with Crippen LogP contribution in [0.4, 0.5) is 0 Å². The highest BCUT2D eigenvalue weighted by atomic mass is 79.9. The molecule has 0 aliphatic carbocycles. The molecule has 0 aromatic carbocycles. The summed E-state index contributed by atoms with van der Waals surface area (Å²) in [6, 6.07) is 2.82. The van der Waals surface area contributed by atoms with E-state index in [1.165, 1.54) is 4.88 Å². The summed E-state index contributed by atoms with van der Waals surface area (Å²) in [6.07, 6.45) is 2.13. The van der Waals surface area contributed by atoms with E-state index in [1.54, 1.807) is 11.3 Å². The third kappa shape index (κ3) is 4.11. The van der Waals surface area contributed by atoms with Crippen LogP contribution >= 0.6 is 50.6 Å². The van der Waals surface area contributed by atoms with Crippen LogP contribution in [-0.2, 0) is 0 Å². The zero-order valence-corrected chi connectivity index (χ0v) is 14.2. The number of thiophene rings is 1. The Bertz CT molecular complexity index is 340. The van der Waals surface area contributed by atoms with Gasteiger partial charge in [0.25, 0.3) is 0 Å². The largest absolute Gasteiger partial charge is 0.329 e. The molecule has 0 amide bonds. The van der Waals surface area contributed by atoms with E-state index in [0.29, 0.717) is 12.6 Å². The molecular formula is C11H18BrClN2S2. The number of nitrogens with two attached hydrogens (primary N) is 1. The molecule has 2 N–H and O–H groups in total. The van der Waals surface area contributed by atoms with Crippen LogP contribution in [0.15, 0.2) is 10.5 Å². The first kappa shape index (κ1) is 15.8. The van der Waals surface area contributed by atoms with Crippen molar-refractivity contribution >= 4 is 50.6 Å². The van der Waals surface area contributed by atoms with E-state index >= 15 is 0 Å². The lowest BCUT2D eigenvalue weighted by Gasteiger charge is -2.31. The molecule has 0 radical (unpaired) electrons. The fraction of sp³-hybridized carbons (Fsp3) is 0.636. The molecule has 17 heavy (non-hydrogen) atoms. The molecule has 2 unspecified atom stereocenters. The minimum absolute atomic E-state index is 0.242. The van der Waals surface area contributed by atoms with Crippen LogP contribution < -0.4 is 5.73 Å². The Morgan fingerprint density at radius 3 is 2.71 bits per heavy atom. The average Bonchev–Trinajstić information content (AvgIpc) is 2.60. The van der Waals surface area contributed by atoms with Gasteiger partial charge >= 0.3 is 0 Å². The second-order valence-electron chi connectivity index (χ2n) is 3.99. The molecule has 1 rings (SSSR count). The smallest absolute Gasteiger partial charge is 0.107 e. The SMILES string of the molecule is CSCC(C)N(C)C(CN)c1cc(Br)c(Cl)s1. The normalized spacial score (nSPS) is 15.2. The molecule has 0 spiro atoms. The van der Waals surface area contributed by atoms with Crippen molar-refractivity contribution in [2.24, 2.45) is 5.73 Å². The molecule has 1 aromatic rings. The lowest BCUT2D eigenvalue weighted by molar-refractivity contribution is 0.207. The summed E-state index contributed by atoms with van der Waals surface area (Å²) in [7, 11) is 2.12. The van der Waals surface area contributed by atoms with Crippen molar-refractivity contribution in [1.82, 2.24) is 4.90 Å². The van der Waals surface area contributed by atoms with Crippen LogP contribution in [0, 0.1) is 0 Å².